The maximum atomic E-state index is 13.4. The first-order valence-electron chi connectivity index (χ1n) is 11.0. The molecule has 3 aromatic rings. The van der Waals surface area contributed by atoms with Crippen molar-refractivity contribution in [1.82, 2.24) is 0 Å². The molecule has 2 N–H and O–H groups in total. The highest BCUT2D eigenvalue weighted by Crippen LogP contribution is 2.49. The molecule has 0 bridgehead atoms. The Bertz CT molecular complexity index is 1340. The summed E-state index contributed by atoms with van der Waals surface area (Å²) < 4.78 is 0. The largest absolute Gasteiger partial charge is 0.507 e. The maximum absolute atomic E-state index is 13.4. The Kier molecular flexibility index (Phi) is 6.11. The lowest BCUT2D eigenvalue weighted by atomic mass is 9.76. The number of nitrogens with zero attached hydrogens (tertiary/aromatic N) is 1. The standard InChI is InChI=1S/C27H22Cl2N2O2S/c1-15-7-9-16(10-8-15)26(33)25-24(22-6-3-11-34-22)23-20(4-2-5-21(23)32)31(27(25)30)19-13-17(28)12-18(29)14-19/h3,6-14,24,30,33H,2,4-5H2,1H3/b26-25+,30-27?. The third-order valence-electron chi connectivity index (χ3n) is 6.27. The zero-order chi connectivity index (χ0) is 24.0. The van der Waals surface area contributed by atoms with Gasteiger partial charge in [-0.1, -0.05) is 59.1 Å². The summed E-state index contributed by atoms with van der Waals surface area (Å²) in [6.07, 6.45) is 1.79. The number of halogens is 2. The molecule has 1 aliphatic heterocycles. The third-order valence-corrected chi connectivity index (χ3v) is 7.64. The van der Waals surface area contributed by atoms with Gasteiger partial charge in [0, 0.05) is 38.2 Å². The van der Waals surface area contributed by atoms with Crippen molar-refractivity contribution in [2.45, 2.75) is 32.1 Å². The molecule has 1 atom stereocenters. The van der Waals surface area contributed by atoms with Crippen molar-refractivity contribution in [1.29, 1.82) is 5.41 Å². The predicted octanol–water partition coefficient (Wildman–Crippen LogP) is 7.92. The summed E-state index contributed by atoms with van der Waals surface area (Å²) in [5.41, 5.74) is 4.08. The fourth-order valence-corrected chi connectivity index (χ4v) is 6.11. The summed E-state index contributed by atoms with van der Waals surface area (Å²) in [6.45, 7) is 1.98. The van der Waals surface area contributed by atoms with E-state index in [1.165, 1.54) is 11.3 Å². The van der Waals surface area contributed by atoms with Crippen molar-refractivity contribution >= 4 is 57.6 Å². The van der Waals surface area contributed by atoms with Crippen LogP contribution in [0.25, 0.3) is 5.76 Å². The first-order chi connectivity index (χ1) is 16.3. The average molecular weight is 509 g/mol. The number of anilines is 1. The second-order valence-corrected chi connectivity index (χ2v) is 10.4. The Hall–Kier alpha value is -2.86. The van der Waals surface area contributed by atoms with E-state index in [4.69, 9.17) is 23.2 Å². The molecule has 0 amide bonds. The number of amidine groups is 1. The number of hydrogen-bond acceptors (Lipinski definition) is 4. The zero-order valence-corrected chi connectivity index (χ0v) is 20.8. The second-order valence-electron chi connectivity index (χ2n) is 8.53. The Morgan fingerprint density at radius 2 is 1.79 bits per heavy atom. The molecule has 34 heavy (non-hydrogen) atoms. The normalized spacial score (nSPS) is 20.0. The van der Waals surface area contributed by atoms with Gasteiger partial charge in [0.15, 0.2) is 5.78 Å². The van der Waals surface area contributed by atoms with Gasteiger partial charge in [-0.2, -0.15) is 0 Å². The van der Waals surface area contributed by atoms with Gasteiger partial charge in [-0.05, 0) is 49.4 Å². The molecular weight excluding hydrogens is 487 g/mol. The number of carbonyl (C=O) groups is 1. The number of Topliss-reactive ketones (excluding diaryl/α,β-unsaturated/α-hetero) is 1. The van der Waals surface area contributed by atoms with E-state index >= 15 is 0 Å². The van der Waals surface area contributed by atoms with E-state index in [-0.39, 0.29) is 17.4 Å². The molecule has 0 radical (unpaired) electrons. The van der Waals surface area contributed by atoms with E-state index in [1.807, 2.05) is 48.7 Å². The van der Waals surface area contributed by atoms with Crippen LogP contribution in [-0.2, 0) is 4.79 Å². The van der Waals surface area contributed by atoms with Crippen LogP contribution < -0.4 is 4.90 Å². The first kappa shape index (κ1) is 22.9. The summed E-state index contributed by atoms with van der Waals surface area (Å²) in [6, 6.07) is 16.5. The Morgan fingerprint density at radius 1 is 1.09 bits per heavy atom. The molecule has 1 aliphatic carbocycles. The zero-order valence-electron chi connectivity index (χ0n) is 18.4. The van der Waals surface area contributed by atoms with Crippen LogP contribution >= 0.6 is 34.5 Å². The van der Waals surface area contributed by atoms with Crippen LogP contribution in [0.2, 0.25) is 10.0 Å². The van der Waals surface area contributed by atoms with Crippen LogP contribution in [0.3, 0.4) is 0 Å². The molecule has 0 fully saturated rings. The SMILES string of the molecule is Cc1ccc(/C(O)=C2\C(=N)N(c3cc(Cl)cc(Cl)c3)C3=C(C(=O)CCC3)C2c2cccs2)cc1. The van der Waals surface area contributed by atoms with Gasteiger partial charge >= 0.3 is 0 Å². The first-order valence-corrected chi connectivity index (χ1v) is 12.6. The average Bonchev–Trinajstić information content (AvgIpc) is 3.32. The highest BCUT2D eigenvalue weighted by molar-refractivity contribution is 7.10. The molecule has 0 saturated heterocycles. The summed E-state index contributed by atoms with van der Waals surface area (Å²) in [7, 11) is 0. The lowest BCUT2D eigenvalue weighted by Crippen LogP contribution is -2.42. The molecular formula is C27H22Cl2N2O2S. The van der Waals surface area contributed by atoms with Gasteiger partial charge in [-0.25, -0.2) is 0 Å². The predicted molar refractivity (Wildman–Crippen MR) is 140 cm³/mol. The molecule has 2 aromatic carbocycles. The molecule has 0 saturated carbocycles. The number of aryl methyl sites for hydroxylation is 1. The molecule has 2 heterocycles. The lowest BCUT2D eigenvalue weighted by molar-refractivity contribution is -0.116. The van der Waals surface area contributed by atoms with Crippen molar-refractivity contribution in [3.63, 3.8) is 0 Å². The summed E-state index contributed by atoms with van der Waals surface area (Å²) in [5.74, 6) is -0.364. The number of ketones is 1. The number of carbonyl (C=O) groups excluding carboxylic acids is 1. The topological polar surface area (TPSA) is 64.4 Å². The minimum absolute atomic E-state index is 0.00792. The number of hydrogen-bond donors (Lipinski definition) is 2. The van der Waals surface area contributed by atoms with Gasteiger partial charge in [0.05, 0.1) is 17.2 Å². The number of allylic oxidation sites excluding steroid dienone is 2. The van der Waals surface area contributed by atoms with Crippen molar-refractivity contribution in [3.8, 4) is 0 Å². The molecule has 1 unspecified atom stereocenters. The number of aliphatic hydroxyl groups excluding tert-OH is 1. The smallest absolute Gasteiger partial charge is 0.161 e. The number of benzene rings is 2. The molecule has 0 spiro atoms. The molecule has 2 aliphatic rings. The fraction of sp³-hybridized carbons (Fsp3) is 0.185. The molecule has 5 rings (SSSR count). The van der Waals surface area contributed by atoms with Gasteiger partial charge < -0.3 is 5.11 Å². The van der Waals surface area contributed by atoms with Crippen molar-refractivity contribution in [2.24, 2.45) is 0 Å². The van der Waals surface area contributed by atoms with Gasteiger partial charge in [0.1, 0.15) is 11.6 Å². The molecule has 1 aromatic heterocycles. The molecule has 172 valence electrons. The van der Waals surface area contributed by atoms with Crippen LogP contribution in [0, 0.1) is 12.3 Å². The van der Waals surface area contributed by atoms with Crippen LogP contribution in [-0.4, -0.2) is 16.7 Å². The lowest BCUT2D eigenvalue weighted by Gasteiger charge is -2.41. The fourth-order valence-electron chi connectivity index (χ4n) is 4.75. The van der Waals surface area contributed by atoms with Gasteiger partial charge in [0.25, 0.3) is 0 Å². The minimum atomic E-state index is -0.512. The van der Waals surface area contributed by atoms with Gasteiger partial charge in [-0.3, -0.25) is 15.1 Å². The Labute approximate surface area is 212 Å². The minimum Gasteiger partial charge on any atom is -0.507 e. The van der Waals surface area contributed by atoms with Crippen molar-refractivity contribution in [2.75, 3.05) is 4.90 Å². The summed E-state index contributed by atoms with van der Waals surface area (Å²) >= 11 is 14.2. The van der Waals surface area contributed by atoms with Crippen LogP contribution in [0.4, 0.5) is 5.69 Å². The monoisotopic (exact) mass is 508 g/mol. The van der Waals surface area contributed by atoms with Crippen molar-refractivity contribution in [3.05, 3.63) is 103 Å². The Morgan fingerprint density at radius 3 is 2.44 bits per heavy atom. The van der Waals surface area contributed by atoms with Crippen LogP contribution in [0.15, 0.2) is 76.8 Å². The van der Waals surface area contributed by atoms with Crippen LogP contribution in [0.1, 0.15) is 41.2 Å². The summed E-state index contributed by atoms with van der Waals surface area (Å²) in [4.78, 5) is 16.0. The van der Waals surface area contributed by atoms with Gasteiger partial charge in [0.2, 0.25) is 0 Å². The van der Waals surface area contributed by atoms with E-state index < -0.39 is 5.92 Å². The van der Waals surface area contributed by atoms with E-state index in [1.54, 1.807) is 23.1 Å². The Balaban J connectivity index is 1.82. The quantitative estimate of drug-likeness (QED) is 0.353. The second kappa shape index (κ2) is 9.06. The van der Waals surface area contributed by atoms with E-state index in [2.05, 4.69) is 0 Å². The van der Waals surface area contributed by atoms with Crippen LogP contribution in [0.5, 0.6) is 0 Å². The van der Waals surface area contributed by atoms with E-state index in [0.717, 1.165) is 16.1 Å². The van der Waals surface area contributed by atoms with E-state index in [9.17, 15) is 15.3 Å². The van der Waals surface area contributed by atoms with E-state index in [0.29, 0.717) is 51.7 Å². The molecule has 7 heteroatoms. The number of thiophene rings is 1. The van der Waals surface area contributed by atoms with Gasteiger partial charge in [-0.15, -0.1) is 11.3 Å². The number of aliphatic hydroxyl groups is 1. The highest BCUT2D eigenvalue weighted by atomic mass is 35.5. The molecule has 4 nitrogen and oxygen atoms in total. The highest BCUT2D eigenvalue weighted by Gasteiger charge is 2.43. The summed E-state index contributed by atoms with van der Waals surface area (Å²) in [5, 5.41) is 23.7. The van der Waals surface area contributed by atoms with Crippen molar-refractivity contribution < 1.29 is 9.90 Å². The maximum Gasteiger partial charge on any atom is 0.161 e. The number of rotatable bonds is 3. The third kappa shape index (κ3) is 3.98. The number of nitrogens with one attached hydrogen (secondary N) is 1.